The lowest BCUT2D eigenvalue weighted by Crippen LogP contribution is -2.60. The zero-order chi connectivity index (χ0) is 14.8. The lowest BCUT2D eigenvalue weighted by Gasteiger charge is -2.44. The van der Waals surface area contributed by atoms with Crippen LogP contribution in [0, 0.1) is 5.92 Å². The number of fused-ring (bicyclic) bond motifs is 1. The molecule has 0 aromatic carbocycles. The van der Waals surface area contributed by atoms with Gasteiger partial charge in [-0.25, -0.2) is 0 Å². The van der Waals surface area contributed by atoms with E-state index in [-0.39, 0.29) is 18.2 Å². The zero-order valence-electron chi connectivity index (χ0n) is 13.5. The minimum atomic E-state index is 0.0451. The molecular weight excluding hydrogens is 264 g/mol. The number of hydrogen-bond donors (Lipinski definition) is 1. The van der Waals surface area contributed by atoms with Crippen LogP contribution < -0.4 is 5.32 Å². The Morgan fingerprint density at radius 1 is 1.24 bits per heavy atom. The molecule has 0 radical (unpaired) electrons. The molecule has 4 heteroatoms. The second-order valence-electron chi connectivity index (χ2n) is 7.14. The van der Waals surface area contributed by atoms with Gasteiger partial charge in [0.2, 0.25) is 5.91 Å². The van der Waals surface area contributed by atoms with E-state index in [4.69, 9.17) is 4.74 Å². The Hall–Kier alpha value is -0.610. The average Bonchev–Trinajstić information content (AvgIpc) is 2.53. The quantitative estimate of drug-likeness (QED) is 0.850. The second-order valence-corrected chi connectivity index (χ2v) is 7.14. The van der Waals surface area contributed by atoms with Crippen molar-refractivity contribution in [3.63, 3.8) is 0 Å². The molecule has 1 aliphatic carbocycles. The van der Waals surface area contributed by atoms with Crippen molar-refractivity contribution >= 4 is 5.91 Å². The van der Waals surface area contributed by atoms with Crippen molar-refractivity contribution in [2.45, 2.75) is 83.0 Å². The van der Waals surface area contributed by atoms with Crippen molar-refractivity contribution in [3.8, 4) is 0 Å². The van der Waals surface area contributed by atoms with E-state index in [1.807, 2.05) is 0 Å². The fourth-order valence-electron chi connectivity index (χ4n) is 4.34. The van der Waals surface area contributed by atoms with E-state index in [1.165, 1.54) is 32.1 Å². The molecule has 4 nitrogen and oxygen atoms in total. The Balaban J connectivity index is 1.63. The van der Waals surface area contributed by atoms with E-state index in [0.29, 0.717) is 18.6 Å². The number of morpholine rings is 1. The van der Waals surface area contributed by atoms with E-state index in [2.05, 4.69) is 24.1 Å². The lowest BCUT2D eigenvalue weighted by atomic mass is 9.77. The highest BCUT2D eigenvalue weighted by molar-refractivity contribution is 5.82. The minimum absolute atomic E-state index is 0.0451. The van der Waals surface area contributed by atoms with Gasteiger partial charge in [-0.3, -0.25) is 4.79 Å². The standard InChI is InChI=1S/C17H30N2O2/c1-3-14-11-21-12(2)10-19(14)17(20)16-9-8-13-6-4-5-7-15(13)18-16/h12-16,18H,3-11H2,1-2H3. The third kappa shape index (κ3) is 3.26. The zero-order valence-corrected chi connectivity index (χ0v) is 13.5. The topological polar surface area (TPSA) is 41.6 Å². The first kappa shape index (κ1) is 15.3. The summed E-state index contributed by atoms with van der Waals surface area (Å²) in [5.74, 6) is 1.13. The minimum Gasteiger partial charge on any atom is -0.375 e. The Labute approximate surface area is 128 Å². The number of nitrogens with zero attached hydrogens (tertiary/aromatic N) is 1. The molecule has 0 bridgehead atoms. The molecular formula is C17H30N2O2. The Morgan fingerprint density at radius 3 is 2.86 bits per heavy atom. The van der Waals surface area contributed by atoms with E-state index in [9.17, 15) is 4.79 Å². The summed E-state index contributed by atoms with van der Waals surface area (Å²) >= 11 is 0. The van der Waals surface area contributed by atoms with E-state index in [1.54, 1.807) is 0 Å². The molecule has 2 aliphatic heterocycles. The predicted octanol–water partition coefficient (Wildman–Crippen LogP) is 2.32. The molecule has 1 N–H and O–H groups in total. The normalized spacial score (nSPS) is 40.7. The van der Waals surface area contributed by atoms with Crippen LogP contribution in [0.5, 0.6) is 0 Å². The van der Waals surface area contributed by atoms with E-state index < -0.39 is 0 Å². The van der Waals surface area contributed by atoms with Crippen LogP contribution in [0.2, 0.25) is 0 Å². The highest BCUT2D eigenvalue weighted by Crippen LogP contribution is 2.33. The first-order valence-corrected chi connectivity index (χ1v) is 8.87. The molecule has 1 amide bonds. The third-order valence-corrected chi connectivity index (χ3v) is 5.67. The number of carbonyl (C=O) groups excluding carboxylic acids is 1. The molecule has 5 atom stereocenters. The van der Waals surface area contributed by atoms with Gasteiger partial charge in [-0.1, -0.05) is 19.8 Å². The van der Waals surface area contributed by atoms with Crippen molar-refractivity contribution in [3.05, 3.63) is 0 Å². The van der Waals surface area contributed by atoms with Crippen molar-refractivity contribution in [2.75, 3.05) is 13.2 Å². The van der Waals surface area contributed by atoms with Crippen LogP contribution in [0.25, 0.3) is 0 Å². The monoisotopic (exact) mass is 294 g/mol. The number of ether oxygens (including phenoxy) is 1. The second kappa shape index (κ2) is 6.66. The molecule has 3 aliphatic rings. The van der Waals surface area contributed by atoms with Gasteiger partial charge in [-0.15, -0.1) is 0 Å². The first-order valence-electron chi connectivity index (χ1n) is 8.87. The summed E-state index contributed by atoms with van der Waals surface area (Å²) < 4.78 is 5.72. The number of amides is 1. The Bertz CT molecular complexity index is 374. The highest BCUT2D eigenvalue weighted by atomic mass is 16.5. The summed E-state index contributed by atoms with van der Waals surface area (Å²) in [6.45, 7) is 5.67. The smallest absolute Gasteiger partial charge is 0.240 e. The first-order chi connectivity index (χ1) is 10.2. The maximum atomic E-state index is 13.0. The maximum absolute atomic E-state index is 13.0. The van der Waals surface area contributed by atoms with Crippen molar-refractivity contribution < 1.29 is 9.53 Å². The van der Waals surface area contributed by atoms with Gasteiger partial charge >= 0.3 is 0 Å². The predicted molar refractivity (Wildman–Crippen MR) is 83.1 cm³/mol. The molecule has 2 heterocycles. The average molecular weight is 294 g/mol. The molecule has 0 aromatic rings. The van der Waals surface area contributed by atoms with Gasteiger partial charge in [0.1, 0.15) is 0 Å². The van der Waals surface area contributed by atoms with Gasteiger partial charge in [0.05, 0.1) is 24.8 Å². The largest absolute Gasteiger partial charge is 0.375 e. The molecule has 5 unspecified atom stereocenters. The van der Waals surface area contributed by atoms with Crippen LogP contribution in [0.1, 0.15) is 58.8 Å². The van der Waals surface area contributed by atoms with Crippen LogP contribution in [-0.4, -0.2) is 48.2 Å². The highest BCUT2D eigenvalue weighted by Gasteiger charge is 2.38. The van der Waals surface area contributed by atoms with Crippen LogP contribution in [0.4, 0.5) is 0 Å². The Kier molecular flexibility index (Phi) is 4.85. The number of hydrogen-bond acceptors (Lipinski definition) is 3. The fraction of sp³-hybridized carbons (Fsp3) is 0.941. The number of rotatable bonds is 2. The summed E-state index contributed by atoms with van der Waals surface area (Å²) in [7, 11) is 0. The molecule has 2 saturated heterocycles. The maximum Gasteiger partial charge on any atom is 0.240 e. The van der Waals surface area contributed by atoms with Gasteiger partial charge in [0.25, 0.3) is 0 Å². The van der Waals surface area contributed by atoms with Crippen molar-refractivity contribution in [1.29, 1.82) is 0 Å². The SMILES string of the molecule is CCC1COC(C)CN1C(=O)C1CCC2CCCCC2N1. The summed E-state index contributed by atoms with van der Waals surface area (Å²) in [5, 5.41) is 3.68. The lowest BCUT2D eigenvalue weighted by molar-refractivity contribution is -0.148. The molecule has 3 rings (SSSR count). The summed E-state index contributed by atoms with van der Waals surface area (Å²) in [4.78, 5) is 15.0. The number of nitrogens with one attached hydrogen (secondary N) is 1. The van der Waals surface area contributed by atoms with Gasteiger partial charge in [0, 0.05) is 12.6 Å². The summed E-state index contributed by atoms with van der Waals surface area (Å²) in [6.07, 6.45) is 8.70. The van der Waals surface area contributed by atoms with E-state index >= 15 is 0 Å². The molecule has 3 fully saturated rings. The summed E-state index contributed by atoms with van der Waals surface area (Å²) in [5.41, 5.74) is 0. The summed E-state index contributed by atoms with van der Waals surface area (Å²) in [6, 6.07) is 0.892. The van der Waals surface area contributed by atoms with Gasteiger partial charge < -0.3 is 15.0 Å². The molecule has 120 valence electrons. The third-order valence-electron chi connectivity index (χ3n) is 5.67. The van der Waals surface area contributed by atoms with E-state index in [0.717, 1.165) is 25.3 Å². The van der Waals surface area contributed by atoms with Crippen LogP contribution in [0.3, 0.4) is 0 Å². The van der Waals surface area contributed by atoms with Crippen LogP contribution in [0.15, 0.2) is 0 Å². The van der Waals surface area contributed by atoms with Crippen LogP contribution in [-0.2, 0) is 9.53 Å². The van der Waals surface area contributed by atoms with Crippen LogP contribution >= 0.6 is 0 Å². The van der Waals surface area contributed by atoms with Gasteiger partial charge in [0.15, 0.2) is 0 Å². The van der Waals surface area contributed by atoms with Gasteiger partial charge in [-0.05, 0) is 44.9 Å². The molecule has 0 aromatic heterocycles. The molecule has 0 spiro atoms. The Morgan fingerprint density at radius 2 is 2.05 bits per heavy atom. The number of piperidine rings is 1. The molecule has 1 saturated carbocycles. The van der Waals surface area contributed by atoms with Crippen molar-refractivity contribution in [1.82, 2.24) is 10.2 Å². The van der Waals surface area contributed by atoms with Crippen molar-refractivity contribution in [2.24, 2.45) is 5.92 Å². The number of carbonyl (C=O) groups is 1. The molecule has 21 heavy (non-hydrogen) atoms. The van der Waals surface area contributed by atoms with Gasteiger partial charge in [-0.2, -0.15) is 0 Å². The fourth-order valence-corrected chi connectivity index (χ4v) is 4.34.